The molecule has 0 heterocycles. The number of hydrogen-bond acceptors (Lipinski definition) is 2. The molecule has 0 spiro atoms. The van der Waals surface area contributed by atoms with Gasteiger partial charge < -0.3 is 14.9 Å². The first-order valence-corrected chi connectivity index (χ1v) is 6.18. The van der Waals surface area contributed by atoms with Crippen molar-refractivity contribution >= 4 is 5.91 Å². The maximum atomic E-state index is 9.45. The molecule has 109 valence electrons. The number of rotatable bonds is 0. The van der Waals surface area contributed by atoms with Crippen molar-refractivity contribution < 1.29 is 28.6 Å². The largest absolute Gasteiger partial charge is 2.00 e. The van der Waals surface area contributed by atoms with Gasteiger partial charge in [-0.2, -0.15) is 0 Å². The monoisotopic (exact) mass is 296 g/mol. The summed E-state index contributed by atoms with van der Waals surface area (Å²) in [7, 11) is 0. The van der Waals surface area contributed by atoms with Crippen molar-refractivity contribution in [3.63, 3.8) is 0 Å². The molecule has 0 aliphatic heterocycles. The predicted molar refractivity (Wildman–Crippen MR) is 74.6 cm³/mol. The van der Waals surface area contributed by atoms with Crippen LogP contribution >= 0.6 is 0 Å². The Morgan fingerprint density at radius 1 is 0.778 bits per heavy atom. The maximum Gasteiger partial charge on any atom is 2.00 e. The van der Waals surface area contributed by atoms with Gasteiger partial charge in [0.25, 0.3) is 0 Å². The summed E-state index contributed by atoms with van der Waals surface area (Å²) in [6.07, 6.45) is 15.0. The average molecular weight is 296 g/mol. The standard InChI is InChI=1S/2C5H10.C2H5NO2.2CH3.V/c2*1-2-4-5-3-1;1-2(4)3-5;;;/h2*1-5H2;5H,1H3,(H,3,4);2*1H3;/q;;;2*-1;+2. The first kappa shape index (κ1) is 26.6. The minimum absolute atomic E-state index is 0. The van der Waals surface area contributed by atoms with Gasteiger partial charge in [0.15, 0.2) is 0 Å². The van der Waals surface area contributed by atoms with Crippen LogP contribution in [0.25, 0.3) is 0 Å². The normalized spacial score (nSPS) is 15.2. The Kier molecular flexibility index (Phi) is 32.8. The van der Waals surface area contributed by atoms with Crippen LogP contribution in [0.5, 0.6) is 0 Å². The molecule has 0 atom stereocenters. The Labute approximate surface area is 126 Å². The van der Waals surface area contributed by atoms with E-state index in [4.69, 9.17) is 5.21 Å². The second kappa shape index (κ2) is 22.2. The van der Waals surface area contributed by atoms with Gasteiger partial charge in [-0.15, -0.1) is 0 Å². The minimum atomic E-state index is -0.440. The minimum Gasteiger partial charge on any atom is -0.358 e. The summed E-state index contributed by atoms with van der Waals surface area (Å²) in [4.78, 5) is 9.45. The fourth-order valence-electron chi connectivity index (χ4n) is 1.77. The molecule has 2 fully saturated rings. The van der Waals surface area contributed by atoms with Gasteiger partial charge in [0, 0.05) is 6.92 Å². The summed E-state index contributed by atoms with van der Waals surface area (Å²) in [5.41, 5.74) is 1.39. The molecule has 1 radical (unpaired) electrons. The molecular formula is C14H31NO2V. The van der Waals surface area contributed by atoms with Gasteiger partial charge >= 0.3 is 18.6 Å². The van der Waals surface area contributed by atoms with Crippen LogP contribution in [-0.4, -0.2) is 11.1 Å². The van der Waals surface area contributed by atoms with Gasteiger partial charge in [0.05, 0.1) is 0 Å². The molecule has 0 saturated heterocycles. The molecule has 2 N–H and O–H groups in total. The third-order valence-electron chi connectivity index (χ3n) is 2.66. The van der Waals surface area contributed by atoms with Crippen LogP contribution in [0.1, 0.15) is 71.1 Å². The summed E-state index contributed by atoms with van der Waals surface area (Å²) < 4.78 is 0. The van der Waals surface area contributed by atoms with Crippen molar-refractivity contribution in [2.75, 3.05) is 0 Å². The van der Waals surface area contributed by atoms with Crippen molar-refractivity contribution in [1.82, 2.24) is 5.48 Å². The van der Waals surface area contributed by atoms with E-state index in [1.54, 1.807) is 0 Å². The smallest absolute Gasteiger partial charge is 0.358 e. The van der Waals surface area contributed by atoms with E-state index in [0.717, 1.165) is 0 Å². The van der Waals surface area contributed by atoms with Gasteiger partial charge in [-0.05, 0) is 0 Å². The number of nitrogens with one attached hydrogen (secondary N) is 1. The molecule has 18 heavy (non-hydrogen) atoms. The fourth-order valence-corrected chi connectivity index (χ4v) is 1.77. The summed E-state index contributed by atoms with van der Waals surface area (Å²) >= 11 is 0. The molecule has 0 aromatic carbocycles. The Bertz CT molecular complexity index is 122. The molecule has 0 bridgehead atoms. The average Bonchev–Trinajstić information content (AvgIpc) is 2.96. The van der Waals surface area contributed by atoms with Gasteiger partial charge in [-0.1, -0.05) is 64.2 Å². The van der Waals surface area contributed by atoms with Gasteiger partial charge in [-0.3, -0.25) is 10.0 Å². The van der Waals surface area contributed by atoms with Crippen LogP contribution in [-0.2, 0) is 23.4 Å². The quantitative estimate of drug-likeness (QED) is 0.397. The van der Waals surface area contributed by atoms with E-state index < -0.39 is 5.91 Å². The van der Waals surface area contributed by atoms with Gasteiger partial charge in [-0.25, -0.2) is 5.48 Å². The van der Waals surface area contributed by atoms with Crippen LogP contribution in [0, 0.1) is 14.9 Å². The summed E-state index contributed by atoms with van der Waals surface area (Å²) in [6, 6.07) is 0. The van der Waals surface area contributed by atoms with E-state index in [9.17, 15) is 4.79 Å². The molecule has 2 aliphatic rings. The van der Waals surface area contributed by atoms with E-state index in [1.807, 2.05) is 0 Å². The first-order valence-electron chi connectivity index (χ1n) is 6.18. The topological polar surface area (TPSA) is 49.3 Å². The molecule has 0 aromatic rings. The van der Waals surface area contributed by atoms with Crippen molar-refractivity contribution in [3.05, 3.63) is 14.9 Å². The molecule has 2 saturated carbocycles. The van der Waals surface area contributed by atoms with E-state index in [2.05, 4.69) is 0 Å². The van der Waals surface area contributed by atoms with E-state index in [-0.39, 0.29) is 33.4 Å². The van der Waals surface area contributed by atoms with E-state index >= 15 is 0 Å². The Hall–Kier alpha value is 0.0144. The number of amides is 1. The SMILES string of the molecule is C1CCCC1.C1CCCC1.CC(=O)NO.[CH3-].[CH3-].[V+2]. The fraction of sp³-hybridized carbons (Fsp3) is 0.786. The Morgan fingerprint density at radius 3 is 0.944 bits per heavy atom. The Balaban J connectivity index is -0.0000000754. The number of carbonyl (C=O) groups is 1. The molecule has 0 aromatic heterocycles. The summed E-state index contributed by atoms with van der Waals surface area (Å²) in [5.74, 6) is -0.440. The zero-order valence-electron chi connectivity index (χ0n) is 12.4. The van der Waals surface area contributed by atoms with Crippen molar-refractivity contribution in [2.24, 2.45) is 0 Å². The third-order valence-corrected chi connectivity index (χ3v) is 2.66. The zero-order chi connectivity index (χ0) is 11.4. The molecule has 2 rings (SSSR count). The second-order valence-corrected chi connectivity index (χ2v) is 4.20. The van der Waals surface area contributed by atoms with Crippen LogP contribution in [0.15, 0.2) is 0 Å². The number of hydroxylamine groups is 1. The molecule has 1 amide bonds. The molecule has 0 unspecified atom stereocenters. The zero-order valence-corrected chi connectivity index (χ0v) is 13.8. The molecule has 3 nitrogen and oxygen atoms in total. The molecular weight excluding hydrogens is 265 g/mol. The summed E-state index contributed by atoms with van der Waals surface area (Å²) in [6.45, 7) is 1.22. The van der Waals surface area contributed by atoms with Gasteiger partial charge in [0.1, 0.15) is 0 Å². The van der Waals surface area contributed by atoms with Crippen LogP contribution < -0.4 is 5.48 Å². The van der Waals surface area contributed by atoms with Crippen molar-refractivity contribution in [3.8, 4) is 0 Å². The number of carbonyl (C=O) groups excluding carboxylic acids is 1. The van der Waals surface area contributed by atoms with E-state index in [0.29, 0.717) is 0 Å². The molecule has 4 heteroatoms. The Morgan fingerprint density at radius 2 is 0.889 bits per heavy atom. The van der Waals surface area contributed by atoms with E-state index in [1.165, 1.54) is 76.6 Å². The maximum absolute atomic E-state index is 9.45. The van der Waals surface area contributed by atoms with Crippen LogP contribution in [0.4, 0.5) is 0 Å². The van der Waals surface area contributed by atoms with Crippen LogP contribution in [0.3, 0.4) is 0 Å². The predicted octanol–water partition coefficient (Wildman–Crippen LogP) is 4.31. The second-order valence-electron chi connectivity index (χ2n) is 4.20. The van der Waals surface area contributed by atoms with Crippen molar-refractivity contribution in [1.29, 1.82) is 0 Å². The van der Waals surface area contributed by atoms with Crippen molar-refractivity contribution in [2.45, 2.75) is 71.1 Å². The van der Waals surface area contributed by atoms with Gasteiger partial charge in [0.2, 0.25) is 5.91 Å². The van der Waals surface area contributed by atoms with Crippen LogP contribution in [0.2, 0.25) is 0 Å². The number of hydrogen-bond donors (Lipinski definition) is 2. The molecule has 2 aliphatic carbocycles. The third kappa shape index (κ3) is 25.0. The summed E-state index contributed by atoms with van der Waals surface area (Å²) in [5, 5.41) is 7.54. The first-order chi connectivity index (χ1) is 7.27.